The lowest BCUT2D eigenvalue weighted by atomic mass is 9.92. The second-order valence-electron chi connectivity index (χ2n) is 4.13. The molecule has 0 radical (unpaired) electrons. The zero-order valence-corrected chi connectivity index (χ0v) is 8.60. The van der Waals surface area contributed by atoms with E-state index in [1.807, 2.05) is 6.92 Å². The molecule has 3 nitrogen and oxygen atoms in total. The fraction of sp³-hybridized carbons (Fsp3) is 0.417. The lowest BCUT2D eigenvalue weighted by Crippen LogP contribution is -2.22. The van der Waals surface area contributed by atoms with E-state index in [0.29, 0.717) is 6.42 Å². The van der Waals surface area contributed by atoms with E-state index in [1.54, 1.807) is 24.3 Å². The topological polar surface area (TPSA) is 57.5 Å². The summed E-state index contributed by atoms with van der Waals surface area (Å²) < 4.78 is 0. The summed E-state index contributed by atoms with van der Waals surface area (Å²) in [7, 11) is 0. The van der Waals surface area contributed by atoms with E-state index in [-0.39, 0.29) is 11.7 Å². The number of carboxylic acid groups (broad SMARTS) is 1. The summed E-state index contributed by atoms with van der Waals surface area (Å²) in [5, 5.41) is 18.4. The van der Waals surface area contributed by atoms with Crippen LogP contribution in [-0.2, 0) is 10.2 Å². The van der Waals surface area contributed by atoms with Crippen molar-refractivity contribution >= 4 is 5.97 Å². The zero-order chi connectivity index (χ0) is 11.1. The molecule has 0 saturated heterocycles. The van der Waals surface area contributed by atoms with Crippen molar-refractivity contribution in [2.75, 3.05) is 0 Å². The Balaban J connectivity index is 2.36. The number of aromatic hydroxyl groups is 1. The second-order valence-corrected chi connectivity index (χ2v) is 4.13. The monoisotopic (exact) mass is 206 g/mol. The van der Waals surface area contributed by atoms with Crippen LogP contribution in [0, 0.1) is 5.92 Å². The predicted molar refractivity (Wildman–Crippen MR) is 55.8 cm³/mol. The minimum absolute atomic E-state index is 0.174. The van der Waals surface area contributed by atoms with Crippen LogP contribution in [0.3, 0.4) is 0 Å². The van der Waals surface area contributed by atoms with Gasteiger partial charge in [0.1, 0.15) is 5.75 Å². The summed E-state index contributed by atoms with van der Waals surface area (Å²) in [6.45, 7) is 2.01. The Hall–Kier alpha value is -1.51. The van der Waals surface area contributed by atoms with Gasteiger partial charge in [-0.15, -0.1) is 0 Å². The summed E-state index contributed by atoms with van der Waals surface area (Å²) in [5.74, 6) is -0.340. The summed E-state index contributed by atoms with van der Waals surface area (Å²) in [6, 6.07) is 6.51. The first-order chi connectivity index (χ1) is 7.11. The van der Waals surface area contributed by atoms with Gasteiger partial charge in [0, 0.05) is 0 Å². The lowest BCUT2D eigenvalue weighted by molar-refractivity contribution is -0.140. The minimum Gasteiger partial charge on any atom is -0.508 e. The molecular weight excluding hydrogens is 192 g/mol. The molecule has 3 heteroatoms. The van der Waals surface area contributed by atoms with Crippen molar-refractivity contribution in [1.82, 2.24) is 0 Å². The average molecular weight is 206 g/mol. The number of benzene rings is 1. The number of aliphatic carboxylic acids is 1. The van der Waals surface area contributed by atoms with Crippen LogP contribution < -0.4 is 0 Å². The molecule has 1 aromatic rings. The van der Waals surface area contributed by atoms with Gasteiger partial charge in [0.05, 0.1) is 5.41 Å². The molecule has 2 atom stereocenters. The standard InChI is InChI=1S/C12H14O3/c1-2-8-7-12(8,11(14)15)9-3-5-10(13)6-4-9/h3-6,8,13H,2,7H2,1H3,(H,14,15). The van der Waals surface area contributed by atoms with Crippen molar-refractivity contribution in [2.45, 2.75) is 25.2 Å². The number of rotatable bonds is 3. The van der Waals surface area contributed by atoms with Crippen molar-refractivity contribution in [3.8, 4) is 5.75 Å². The third-order valence-corrected chi connectivity index (χ3v) is 3.36. The Morgan fingerprint density at radius 3 is 2.47 bits per heavy atom. The molecule has 1 aliphatic carbocycles. The maximum absolute atomic E-state index is 11.3. The van der Waals surface area contributed by atoms with Crippen molar-refractivity contribution < 1.29 is 15.0 Å². The van der Waals surface area contributed by atoms with Gasteiger partial charge in [-0.25, -0.2) is 0 Å². The molecule has 0 amide bonds. The van der Waals surface area contributed by atoms with E-state index in [2.05, 4.69) is 0 Å². The van der Waals surface area contributed by atoms with Gasteiger partial charge in [0.15, 0.2) is 0 Å². The van der Waals surface area contributed by atoms with Gasteiger partial charge in [-0.2, -0.15) is 0 Å². The molecule has 1 aromatic carbocycles. The van der Waals surface area contributed by atoms with E-state index in [4.69, 9.17) is 5.11 Å². The Labute approximate surface area is 88.4 Å². The number of hydrogen-bond donors (Lipinski definition) is 2. The number of carboxylic acids is 1. The van der Waals surface area contributed by atoms with Crippen LogP contribution in [0.25, 0.3) is 0 Å². The van der Waals surface area contributed by atoms with Crippen LogP contribution in [0.5, 0.6) is 5.75 Å². The highest BCUT2D eigenvalue weighted by molar-refractivity contribution is 5.85. The summed E-state index contributed by atoms with van der Waals surface area (Å²) >= 11 is 0. The molecule has 0 heterocycles. The van der Waals surface area contributed by atoms with Gasteiger partial charge >= 0.3 is 5.97 Å². The SMILES string of the molecule is CCC1CC1(C(=O)O)c1ccc(O)cc1. The Morgan fingerprint density at radius 2 is 2.07 bits per heavy atom. The predicted octanol–water partition coefficient (Wildman–Crippen LogP) is 2.14. The van der Waals surface area contributed by atoms with Crippen LogP contribution in [-0.4, -0.2) is 16.2 Å². The molecule has 80 valence electrons. The van der Waals surface area contributed by atoms with Gasteiger partial charge in [-0.1, -0.05) is 25.5 Å². The number of hydrogen-bond acceptors (Lipinski definition) is 2. The maximum atomic E-state index is 11.3. The minimum atomic E-state index is -0.750. The largest absolute Gasteiger partial charge is 0.508 e. The van der Waals surface area contributed by atoms with Gasteiger partial charge in [0.25, 0.3) is 0 Å². The van der Waals surface area contributed by atoms with E-state index >= 15 is 0 Å². The molecule has 15 heavy (non-hydrogen) atoms. The van der Waals surface area contributed by atoms with E-state index in [0.717, 1.165) is 12.0 Å². The summed E-state index contributed by atoms with van der Waals surface area (Å²) in [4.78, 5) is 11.3. The lowest BCUT2D eigenvalue weighted by Gasteiger charge is -2.12. The molecule has 0 aromatic heterocycles. The van der Waals surface area contributed by atoms with Crippen LogP contribution in [0.1, 0.15) is 25.3 Å². The molecule has 1 aliphatic rings. The average Bonchev–Trinajstić information content (AvgIpc) is 2.94. The smallest absolute Gasteiger partial charge is 0.314 e. The van der Waals surface area contributed by atoms with E-state index in [1.165, 1.54) is 0 Å². The van der Waals surface area contributed by atoms with Gasteiger partial charge in [0.2, 0.25) is 0 Å². The highest BCUT2D eigenvalue weighted by Gasteiger charge is 2.60. The van der Waals surface area contributed by atoms with Crippen molar-refractivity contribution in [3.63, 3.8) is 0 Å². The van der Waals surface area contributed by atoms with Crippen molar-refractivity contribution in [2.24, 2.45) is 5.92 Å². The number of carbonyl (C=O) groups is 1. The molecule has 1 saturated carbocycles. The fourth-order valence-corrected chi connectivity index (χ4v) is 2.32. The molecule has 2 N–H and O–H groups in total. The summed E-state index contributed by atoms with van der Waals surface area (Å²) in [6.07, 6.45) is 1.59. The van der Waals surface area contributed by atoms with Gasteiger partial charge in [-0.3, -0.25) is 4.79 Å². The first-order valence-corrected chi connectivity index (χ1v) is 5.14. The van der Waals surface area contributed by atoms with E-state index in [9.17, 15) is 9.90 Å². The van der Waals surface area contributed by atoms with E-state index < -0.39 is 11.4 Å². The molecule has 2 unspecified atom stereocenters. The van der Waals surface area contributed by atoms with Crippen LogP contribution in [0.4, 0.5) is 0 Å². The Kier molecular flexibility index (Phi) is 2.18. The molecule has 0 bridgehead atoms. The normalized spacial score (nSPS) is 28.7. The van der Waals surface area contributed by atoms with Crippen LogP contribution >= 0.6 is 0 Å². The van der Waals surface area contributed by atoms with Gasteiger partial charge in [-0.05, 0) is 30.0 Å². The highest BCUT2D eigenvalue weighted by atomic mass is 16.4. The number of phenolic OH excluding ortho intramolecular Hbond substituents is 1. The molecule has 0 aliphatic heterocycles. The Bertz CT molecular complexity index is 382. The van der Waals surface area contributed by atoms with Crippen molar-refractivity contribution in [1.29, 1.82) is 0 Å². The zero-order valence-electron chi connectivity index (χ0n) is 8.60. The quantitative estimate of drug-likeness (QED) is 0.796. The molecule has 0 spiro atoms. The highest BCUT2D eigenvalue weighted by Crippen LogP contribution is 2.56. The maximum Gasteiger partial charge on any atom is 0.314 e. The molecule has 1 fully saturated rings. The van der Waals surface area contributed by atoms with Crippen LogP contribution in [0.2, 0.25) is 0 Å². The summed E-state index contributed by atoms with van der Waals surface area (Å²) in [5.41, 5.74) is 0.113. The third-order valence-electron chi connectivity index (χ3n) is 3.36. The number of phenols is 1. The first kappa shape index (κ1) is 10.0. The van der Waals surface area contributed by atoms with Crippen molar-refractivity contribution in [3.05, 3.63) is 29.8 Å². The Morgan fingerprint density at radius 1 is 1.47 bits per heavy atom. The van der Waals surface area contributed by atoms with Gasteiger partial charge < -0.3 is 10.2 Å². The molecular formula is C12H14O3. The second kappa shape index (κ2) is 3.26. The first-order valence-electron chi connectivity index (χ1n) is 5.14. The third kappa shape index (κ3) is 1.39. The van der Waals surface area contributed by atoms with Crippen LogP contribution in [0.15, 0.2) is 24.3 Å². The fourth-order valence-electron chi connectivity index (χ4n) is 2.32. The molecule has 2 rings (SSSR count).